The molecule has 1 fully saturated rings. The molecule has 0 saturated heterocycles. The van der Waals surface area contributed by atoms with Crippen LogP contribution in [0.1, 0.15) is 36.5 Å². The number of benzene rings is 1. The molecule has 0 aromatic heterocycles. The molecule has 2 rings (SSSR count). The Kier molecular flexibility index (Phi) is 3.78. The van der Waals surface area contributed by atoms with Gasteiger partial charge in [-0.2, -0.15) is 0 Å². The maximum atomic E-state index is 13.4. The molecule has 1 aliphatic rings. The summed E-state index contributed by atoms with van der Waals surface area (Å²) in [5.74, 6) is -7.61. The second-order valence-corrected chi connectivity index (χ2v) is 4.94. The van der Waals surface area contributed by atoms with E-state index >= 15 is 0 Å². The van der Waals surface area contributed by atoms with Gasteiger partial charge in [0.1, 0.15) is 0 Å². The molecule has 1 aliphatic carbocycles. The third-order valence-electron chi connectivity index (χ3n) is 3.38. The minimum absolute atomic E-state index is 0.141. The van der Waals surface area contributed by atoms with Crippen LogP contribution in [0.2, 0.25) is 0 Å². The predicted molar refractivity (Wildman–Crippen MR) is 60.5 cm³/mol. The lowest BCUT2D eigenvalue weighted by molar-refractivity contribution is 0.0931. The fourth-order valence-electron chi connectivity index (χ4n) is 2.34. The van der Waals surface area contributed by atoms with Crippen LogP contribution in [-0.4, -0.2) is 11.9 Å². The molecule has 104 valence electrons. The molecule has 2 nitrogen and oxygen atoms in total. The minimum atomic E-state index is -1.97. The van der Waals surface area contributed by atoms with Crippen LogP contribution in [0.15, 0.2) is 6.07 Å². The number of nitrogens with one attached hydrogen (secondary N) is 1. The average molecular weight is 275 g/mol. The van der Waals surface area contributed by atoms with Gasteiger partial charge in [-0.3, -0.25) is 4.79 Å². The number of rotatable bonds is 2. The molecule has 0 bridgehead atoms. The Morgan fingerprint density at radius 2 is 1.84 bits per heavy atom. The van der Waals surface area contributed by atoms with Crippen molar-refractivity contribution in [2.45, 2.75) is 32.2 Å². The Morgan fingerprint density at radius 1 is 1.16 bits per heavy atom. The third-order valence-corrected chi connectivity index (χ3v) is 3.38. The summed E-state index contributed by atoms with van der Waals surface area (Å²) in [5, 5.41) is 2.51. The van der Waals surface area contributed by atoms with Crippen LogP contribution in [0.5, 0.6) is 0 Å². The van der Waals surface area contributed by atoms with Gasteiger partial charge in [-0.05, 0) is 31.2 Å². The van der Waals surface area contributed by atoms with Crippen LogP contribution in [-0.2, 0) is 0 Å². The molecule has 6 heteroatoms. The molecule has 19 heavy (non-hydrogen) atoms. The van der Waals surface area contributed by atoms with Crippen LogP contribution in [0, 0.1) is 29.2 Å². The lowest BCUT2D eigenvalue weighted by Gasteiger charge is -2.13. The van der Waals surface area contributed by atoms with Crippen molar-refractivity contribution in [3.05, 3.63) is 34.9 Å². The van der Waals surface area contributed by atoms with Crippen molar-refractivity contribution < 1.29 is 22.4 Å². The molecular formula is C13H13F4NO. The zero-order valence-electron chi connectivity index (χ0n) is 10.3. The van der Waals surface area contributed by atoms with Gasteiger partial charge in [-0.15, -0.1) is 0 Å². The van der Waals surface area contributed by atoms with Crippen molar-refractivity contribution in [3.8, 4) is 0 Å². The van der Waals surface area contributed by atoms with Crippen LogP contribution in [0.3, 0.4) is 0 Å². The van der Waals surface area contributed by atoms with E-state index in [9.17, 15) is 22.4 Å². The Balaban J connectivity index is 2.20. The average Bonchev–Trinajstić information content (AvgIpc) is 2.76. The van der Waals surface area contributed by atoms with Gasteiger partial charge in [0.2, 0.25) is 0 Å². The first-order valence-corrected chi connectivity index (χ1v) is 6.04. The first-order valence-electron chi connectivity index (χ1n) is 6.04. The normalized spacial score (nSPS) is 22.6. The van der Waals surface area contributed by atoms with E-state index in [1.165, 1.54) is 0 Å². The Bertz CT molecular complexity index is 518. The summed E-state index contributed by atoms with van der Waals surface area (Å²) in [7, 11) is 0. The molecule has 2 unspecified atom stereocenters. The topological polar surface area (TPSA) is 29.1 Å². The van der Waals surface area contributed by atoms with E-state index in [0.29, 0.717) is 12.0 Å². The molecule has 1 saturated carbocycles. The fraction of sp³-hybridized carbons (Fsp3) is 0.462. The summed E-state index contributed by atoms with van der Waals surface area (Å²) in [5.41, 5.74) is -0.809. The highest BCUT2D eigenvalue weighted by Crippen LogP contribution is 2.25. The van der Waals surface area contributed by atoms with Gasteiger partial charge >= 0.3 is 0 Å². The standard InChI is InChI=1S/C13H13F4NO/c1-6-2-3-7(4-6)18-13(19)8-5-9(14)11(16)12(17)10(8)15/h5-7H,2-4H2,1H3,(H,18,19). The summed E-state index contributed by atoms with van der Waals surface area (Å²) >= 11 is 0. The number of hydrogen-bond acceptors (Lipinski definition) is 1. The molecular weight excluding hydrogens is 262 g/mol. The number of amides is 1. The smallest absolute Gasteiger partial charge is 0.254 e. The van der Waals surface area contributed by atoms with Gasteiger partial charge in [-0.1, -0.05) is 6.92 Å². The summed E-state index contributed by atoms with van der Waals surface area (Å²) in [6.07, 6.45) is 2.40. The SMILES string of the molecule is CC1CCC(NC(=O)c2cc(F)c(F)c(F)c2F)C1. The summed E-state index contributed by atoms with van der Waals surface area (Å²) in [6.45, 7) is 2.02. The second-order valence-electron chi connectivity index (χ2n) is 4.94. The van der Waals surface area contributed by atoms with Crippen LogP contribution in [0.25, 0.3) is 0 Å². The van der Waals surface area contributed by atoms with E-state index in [1.807, 2.05) is 6.92 Å². The van der Waals surface area contributed by atoms with Crippen molar-refractivity contribution in [1.82, 2.24) is 5.32 Å². The van der Waals surface area contributed by atoms with Crippen molar-refractivity contribution in [2.75, 3.05) is 0 Å². The number of carbonyl (C=O) groups excluding carboxylic acids is 1. The lowest BCUT2D eigenvalue weighted by Crippen LogP contribution is -2.33. The fourth-order valence-corrected chi connectivity index (χ4v) is 2.34. The predicted octanol–water partition coefficient (Wildman–Crippen LogP) is 3.16. The quantitative estimate of drug-likeness (QED) is 0.501. The molecule has 0 aliphatic heterocycles. The summed E-state index contributed by atoms with van der Waals surface area (Å²) in [4.78, 5) is 11.7. The van der Waals surface area contributed by atoms with Crippen molar-refractivity contribution >= 4 is 5.91 Å². The first kappa shape index (κ1) is 13.8. The van der Waals surface area contributed by atoms with Gasteiger partial charge in [0, 0.05) is 6.04 Å². The lowest BCUT2D eigenvalue weighted by atomic mass is 10.1. The van der Waals surface area contributed by atoms with E-state index in [2.05, 4.69) is 5.32 Å². The molecule has 2 atom stereocenters. The molecule has 1 aromatic carbocycles. The molecule has 0 spiro atoms. The highest BCUT2D eigenvalue weighted by molar-refractivity contribution is 5.94. The summed E-state index contributed by atoms with van der Waals surface area (Å²) < 4.78 is 52.2. The molecule has 1 amide bonds. The van der Waals surface area contributed by atoms with Gasteiger partial charge in [-0.25, -0.2) is 17.6 Å². The monoisotopic (exact) mass is 275 g/mol. The van der Waals surface area contributed by atoms with E-state index < -0.39 is 34.7 Å². The van der Waals surface area contributed by atoms with Crippen molar-refractivity contribution in [1.29, 1.82) is 0 Å². The summed E-state index contributed by atoms with van der Waals surface area (Å²) in [6, 6.07) is 0.236. The van der Waals surface area contributed by atoms with Gasteiger partial charge in [0.15, 0.2) is 23.3 Å². The minimum Gasteiger partial charge on any atom is -0.349 e. The maximum absolute atomic E-state index is 13.4. The molecule has 1 N–H and O–H groups in total. The molecule has 1 aromatic rings. The Morgan fingerprint density at radius 3 is 2.42 bits per heavy atom. The highest BCUT2D eigenvalue weighted by atomic mass is 19.2. The van der Waals surface area contributed by atoms with Gasteiger partial charge in [0.05, 0.1) is 5.56 Å². The first-order chi connectivity index (χ1) is 8.90. The van der Waals surface area contributed by atoms with E-state index in [4.69, 9.17) is 0 Å². The Hall–Kier alpha value is -1.59. The maximum Gasteiger partial charge on any atom is 0.254 e. The van der Waals surface area contributed by atoms with Crippen molar-refractivity contribution in [2.24, 2.45) is 5.92 Å². The third kappa shape index (κ3) is 2.72. The zero-order valence-corrected chi connectivity index (χ0v) is 10.3. The van der Waals surface area contributed by atoms with E-state index in [-0.39, 0.29) is 6.04 Å². The van der Waals surface area contributed by atoms with Crippen LogP contribution < -0.4 is 5.32 Å². The highest BCUT2D eigenvalue weighted by Gasteiger charge is 2.27. The van der Waals surface area contributed by atoms with Crippen LogP contribution in [0.4, 0.5) is 17.6 Å². The molecule has 0 radical (unpaired) electrons. The molecule has 0 heterocycles. The largest absolute Gasteiger partial charge is 0.349 e. The van der Waals surface area contributed by atoms with Crippen molar-refractivity contribution in [3.63, 3.8) is 0 Å². The van der Waals surface area contributed by atoms with Crippen LogP contribution >= 0.6 is 0 Å². The van der Waals surface area contributed by atoms with Gasteiger partial charge in [0.25, 0.3) is 5.91 Å². The van der Waals surface area contributed by atoms with E-state index in [1.54, 1.807) is 0 Å². The number of carbonyl (C=O) groups is 1. The number of halogens is 4. The van der Waals surface area contributed by atoms with Gasteiger partial charge < -0.3 is 5.32 Å². The number of hydrogen-bond donors (Lipinski definition) is 1. The van der Waals surface area contributed by atoms with E-state index in [0.717, 1.165) is 19.3 Å². The zero-order chi connectivity index (χ0) is 14.2. The Labute approximate surface area is 107 Å². The second kappa shape index (κ2) is 5.19.